The van der Waals surface area contributed by atoms with Crippen molar-refractivity contribution in [2.45, 2.75) is 0 Å². The third kappa shape index (κ3) is 5.96. The van der Waals surface area contributed by atoms with Crippen molar-refractivity contribution in [2.24, 2.45) is 0 Å². The Bertz CT molecular complexity index is 3090. The molecule has 0 unspecified atom stereocenters. The molecule has 2 aliphatic heterocycles. The van der Waals surface area contributed by atoms with Crippen LogP contribution in [-0.2, 0) is 0 Å². The summed E-state index contributed by atoms with van der Waals surface area (Å²) in [6, 6.07) is 88.7. The first-order valence-electron chi connectivity index (χ1n) is 21.3. The SMILES string of the molecule is c1ccc(-c2cccc(N3c4ccccc4-c4ccccc4-c4cc(-c5ccc6c(c5)-c5ccccc5-c5ccccc5N6c5cccc(-c6ccccc6)c5)ccc43)c2)cc1. The van der Waals surface area contributed by atoms with E-state index in [1.54, 1.807) is 0 Å². The van der Waals surface area contributed by atoms with E-state index in [0.717, 1.165) is 34.1 Å². The number of rotatable bonds is 5. The first kappa shape index (κ1) is 35.7. The molecule has 0 amide bonds. The van der Waals surface area contributed by atoms with Crippen LogP contribution in [0, 0.1) is 0 Å². The molecule has 2 heterocycles. The molecule has 0 aliphatic carbocycles. The zero-order chi connectivity index (χ0) is 41.0. The van der Waals surface area contributed by atoms with Crippen molar-refractivity contribution >= 4 is 34.1 Å². The Balaban J connectivity index is 1.05. The maximum absolute atomic E-state index is 2.45. The molecule has 0 aromatic heterocycles. The normalized spacial score (nSPS) is 12.1. The maximum Gasteiger partial charge on any atom is 0.0540 e. The Labute approximate surface area is 362 Å². The van der Waals surface area contributed by atoms with Crippen molar-refractivity contribution in [1.82, 2.24) is 0 Å². The van der Waals surface area contributed by atoms with Crippen molar-refractivity contribution in [1.29, 1.82) is 0 Å². The third-order valence-electron chi connectivity index (χ3n) is 12.5. The second-order valence-electron chi connectivity index (χ2n) is 16.1. The van der Waals surface area contributed by atoms with Crippen molar-refractivity contribution < 1.29 is 0 Å². The lowest BCUT2D eigenvalue weighted by Gasteiger charge is -2.28. The van der Waals surface area contributed by atoms with Gasteiger partial charge in [-0.3, -0.25) is 0 Å². The number of nitrogens with zero attached hydrogens (tertiary/aromatic N) is 2. The number of para-hydroxylation sites is 2. The largest absolute Gasteiger partial charge is 0.309 e. The second-order valence-corrected chi connectivity index (χ2v) is 16.1. The topological polar surface area (TPSA) is 6.48 Å². The minimum absolute atomic E-state index is 1.12. The second kappa shape index (κ2) is 14.8. The van der Waals surface area contributed by atoms with E-state index in [0.29, 0.717) is 0 Å². The van der Waals surface area contributed by atoms with E-state index in [-0.39, 0.29) is 0 Å². The van der Waals surface area contributed by atoms with E-state index >= 15 is 0 Å². The summed E-state index contributed by atoms with van der Waals surface area (Å²) in [6.07, 6.45) is 0. The van der Waals surface area contributed by atoms with E-state index in [2.05, 4.69) is 252 Å². The van der Waals surface area contributed by atoms with Crippen LogP contribution in [0.25, 0.3) is 77.9 Å². The Morgan fingerprint density at radius 3 is 0.903 bits per heavy atom. The first-order chi connectivity index (χ1) is 30.8. The van der Waals surface area contributed by atoms with Gasteiger partial charge in [0.25, 0.3) is 0 Å². The zero-order valence-electron chi connectivity index (χ0n) is 34.0. The number of fused-ring (bicyclic) bond motifs is 10. The van der Waals surface area contributed by atoms with Crippen molar-refractivity contribution in [3.63, 3.8) is 0 Å². The molecule has 2 heteroatoms. The van der Waals surface area contributed by atoms with Gasteiger partial charge >= 0.3 is 0 Å². The molecule has 2 aliphatic rings. The summed E-state index contributed by atoms with van der Waals surface area (Å²) in [5, 5.41) is 0. The maximum atomic E-state index is 2.45. The lowest BCUT2D eigenvalue weighted by atomic mass is 9.90. The summed E-state index contributed by atoms with van der Waals surface area (Å²) >= 11 is 0. The molecule has 0 fully saturated rings. The molecule has 0 bridgehead atoms. The number of benzene rings is 10. The Kier molecular flexibility index (Phi) is 8.53. The zero-order valence-corrected chi connectivity index (χ0v) is 34.0. The summed E-state index contributed by atoms with van der Waals surface area (Å²) in [5.74, 6) is 0. The monoisotopic (exact) mass is 788 g/mol. The fourth-order valence-corrected chi connectivity index (χ4v) is 9.68. The van der Waals surface area contributed by atoms with Crippen LogP contribution in [0.3, 0.4) is 0 Å². The molecule has 10 aromatic rings. The molecule has 0 saturated carbocycles. The van der Waals surface area contributed by atoms with Crippen LogP contribution < -0.4 is 9.80 Å². The Morgan fingerprint density at radius 1 is 0.177 bits per heavy atom. The highest BCUT2D eigenvalue weighted by atomic mass is 15.2. The standard InChI is InChI=1S/C60H40N2/c1-3-17-41(18-4-1)43-21-15-23-47(37-43)61-57-31-13-11-29-53(57)49-25-7-9-27-51(49)55-39-45(33-35-59(55)61)46-34-36-60-56(40-46)52-28-10-8-26-50(52)54-30-12-14-32-58(54)62(60)48-24-16-22-44(38-48)42-19-5-2-6-20-42/h1-40H. The minimum Gasteiger partial charge on any atom is -0.309 e. The molecule has 10 aromatic carbocycles. The van der Waals surface area contributed by atoms with Crippen molar-refractivity contribution in [3.05, 3.63) is 243 Å². The van der Waals surface area contributed by atoms with Crippen LogP contribution in [0.15, 0.2) is 243 Å². The molecule has 62 heavy (non-hydrogen) atoms. The molecule has 0 atom stereocenters. The van der Waals surface area contributed by atoms with Crippen LogP contribution in [0.2, 0.25) is 0 Å². The lowest BCUT2D eigenvalue weighted by molar-refractivity contribution is 1.29. The average molecular weight is 789 g/mol. The molecule has 0 saturated heterocycles. The van der Waals surface area contributed by atoms with Gasteiger partial charge < -0.3 is 9.80 Å². The smallest absolute Gasteiger partial charge is 0.0540 e. The minimum atomic E-state index is 1.12. The summed E-state index contributed by atoms with van der Waals surface area (Å²) < 4.78 is 0. The van der Waals surface area contributed by atoms with Crippen LogP contribution in [0.5, 0.6) is 0 Å². The van der Waals surface area contributed by atoms with Gasteiger partial charge in [-0.2, -0.15) is 0 Å². The van der Waals surface area contributed by atoms with Crippen LogP contribution in [0.4, 0.5) is 34.1 Å². The fraction of sp³-hybridized carbons (Fsp3) is 0. The molecule has 0 spiro atoms. The van der Waals surface area contributed by atoms with E-state index in [9.17, 15) is 0 Å². The van der Waals surface area contributed by atoms with E-state index < -0.39 is 0 Å². The molecule has 2 nitrogen and oxygen atoms in total. The number of hydrogen-bond acceptors (Lipinski definition) is 2. The molecule has 0 N–H and O–H groups in total. The van der Waals surface area contributed by atoms with Gasteiger partial charge in [0.15, 0.2) is 0 Å². The molecular weight excluding hydrogens is 749 g/mol. The van der Waals surface area contributed by atoms with E-state index in [1.165, 1.54) is 77.9 Å². The van der Waals surface area contributed by atoms with Gasteiger partial charge in [-0.05, 0) is 116 Å². The van der Waals surface area contributed by atoms with Gasteiger partial charge in [-0.15, -0.1) is 0 Å². The lowest BCUT2D eigenvalue weighted by Crippen LogP contribution is -2.11. The predicted molar refractivity (Wildman–Crippen MR) is 261 cm³/mol. The molecule has 290 valence electrons. The van der Waals surface area contributed by atoms with E-state index in [1.807, 2.05) is 0 Å². The highest BCUT2D eigenvalue weighted by molar-refractivity contribution is 6.06. The summed E-state index contributed by atoms with van der Waals surface area (Å²) in [5.41, 5.74) is 23.7. The van der Waals surface area contributed by atoms with Gasteiger partial charge in [0.05, 0.1) is 22.7 Å². The van der Waals surface area contributed by atoms with Crippen LogP contribution in [-0.4, -0.2) is 0 Å². The van der Waals surface area contributed by atoms with Gasteiger partial charge in [-0.25, -0.2) is 0 Å². The number of anilines is 6. The van der Waals surface area contributed by atoms with Gasteiger partial charge in [-0.1, -0.05) is 182 Å². The summed E-state index contributed by atoms with van der Waals surface area (Å²) in [7, 11) is 0. The van der Waals surface area contributed by atoms with Crippen molar-refractivity contribution in [3.8, 4) is 77.9 Å². The highest BCUT2D eigenvalue weighted by Crippen LogP contribution is 2.54. The predicted octanol–water partition coefficient (Wildman–Crippen LogP) is 16.9. The van der Waals surface area contributed by atoms with Crippen LogP contribution >= 0.6 is 0 Å². The van der Waals surface area contributed by atoms with E-state index in [4.69, 9.17) is 0 Å². The Morgan fingerprint density at radius 2 is 0.484 bits per heavy atom. The molecule has 0 radical (unpaired) electrons. The van der Waals surface area contributed by atoms with Gasteiger partial charge in [0.2, 0.25) is 0 Å². The van der Waals surface area contributed by atoms with Crippen LogP contribution in [0.1, 0.15) is 0 Å². The summed E-state index contributed by atoms with van der Waals surface area (Å²) in [6.45, 7) is 0. The molecular formula is C60H40N2. The third-order valence-corrected chi connectivity index (χ3v) is 12.5. The van der Waals surface area contributed by atoms with Crippen molar-refractivity contribution in [2.75, 3.05) is 9.80 Å². The Hall–Kier alpha value is -8.20. The fourth-order valence-electron chi connectivity index (χ4n) is 9.68. The average Bonchev–Trinajstić information content (AvgIpc) is 3.56. The van der Waals surface area contributed by atoms with Gasteiger partial charge in [0.1, 0.15) is 0 Å². The highest BCUT2D eigenvalue weighted by Gasteiger charge is 2.29. The van der Waals surface area contributed by atoms with Gasteiger partial charge in [0, 0.05) is 33.6 Å². The quantitative estimate of drug-likeness (QED) is 0.171. The summed E-state index contributed by atoms with van der Waals surface area (Å²) in [4.78, 5) is 4.90. The first-order valence-corrected chi connectivity index (χ1v) is 21.3. The molecule has 12 rings (SSSR count). The number of hydrogen-bond donors (Lipinski definition) is 0.